The van der Waals surface area contributed by atoms with E-state index in [4.69, 9.17) is 0 Å². The van der Waals surface area contributed by atoms with Gasteiger partial charge in [-0.3, -0.25) is 14.2 Å². The molecule has 0 aliphatic carbocycles. The molecule has 0 spiro atoms. The topological polar surface area (TPSA) is 91.0 Å². The second kappa shape index (κ2) is 6.86. The van der Waals surface area contributed by atoms with E-state index in [-0.39, 0.29) is 11.4 Å². The van der Waals surface area contributed by atoms with Gasteiger partial charge in [0.2, 0.25) is 0 Å². The largest absolute Gasteiger partial charge is 0.464 e. The van der Waals surface area contributed by atoms with Crippen molar-refractivity contribution in [1.29, 1.82) is 0 Å². The normalized spacial score (nSPS) is 11.5. The van der Waals surface area contributed by atoms with Crippen LogP contribution < -0.4 is 5.32 Å². The lowest BCUT2D eigenvalue weighted by atomic mass is 10.3. The summed E-state index contributed by atoms with van der Waals surface area (Å²) in [4.78, 5) is 24.0. The monoisotopic (exact) mass is 423 g/mol. The van der Waals surface area contributed by atoms with Gasteiger partial charge in [0, 0.05) is 19.8 Å². The molecule has 0 unspecified atom stereocenters. The van der Waals surface area contributed by atoms with E-state index in [2.05, 4.69) is 36.2 Å². The molecule has 136 valence electrons. The first-order valence-electron chi connectivity index (χ1n) is 6.86. The molecule has 12 heteroatoms. The van der Waals surface area contributed by atoms with Crippen LogP contribution in [-0.4, -0.2) is 38.5 Å². The smallest absolute Gasteiger partial charge is 0.434 e. The zero-order chi connectivity index (χ0) is 18.9. The Morgan fingerprint density at radius 2 is 1.96 bits per heavy atom. The highest BCUT2D eigenvalue weighted by Gasteiger charge is 2.39. The fourth-order valence-corrected chi connectivity index (χ4v) is 2.80. The molecule has 0 bridgehead atoms. The number of carbonyl (C=O) groups excluding carboxylic acids is 2. The molecule has 0 radical (unpaired) electrons. The van der Waals surface area contributed by atoms with Gasteiger partial charge in [-0.1, -0.05) is 0 Å². The van der Waals surface area contributed by atoms with Crippen LogP contribution >= 0.6 is 15.9 Å². The van der Waals surface area contributed by atoms with Gasteiger partial charge in [0.1, 0.15) is 0 Å². The maximum atomic E-state index is 13.0. The Hall–Kier alpha value is -2.37. The summed E-state index contributed by atoms with van der Waals surface area (Å²) in [7, 11) is 2.21. The van der Waals surface area contributed by atoms with Crippen LogP contribution in [0.25, 0.3) is 0 Å². The van der Waals surface area contributed by atoms with Crippen molar-refractivity contribution in [2.24, 2.45) is 7.05 Å². The Labute approximate surface area is 148 Å². The number of hydrogen-bond donors (Lipinski definition) is 1. The summed E-state index contributed by atoms with van der Waals surface area (Å²) in [6.45, 7) is 2.16. The third kappa shape index (κ3) is 3.67. The summed E-state index contributed by atoms with van der Waals surface area (Å²) in [5, 5.41) is 9.86. The van der Waals surface area contributed by atoms with Crippen LogP contribution in [0.5, 0.6) is 0 Å². The highest BCUT2D eigenvalue weighted by molar-refractivity contribution is 9.10. The average Bonchev–Trinajstić information content (AvgIpc) is 3.06. The fourth-order valence-electron chi connectivity index (χ4n) is 2.05. The molecule has 0 fully saturated rings. The van der Waals surface area contributed by atoms with E-state index < -0.39 is 33.9 Å². The first kappa shape index (κ1) is 19.0. The first-order valence-corrected chi connectivity index (χ1v) is 7.66. The highest BCUT2D eigenvalue weighted by Crippen LogP contribution is 2.36. The maximum Gasteiger partial charge on any atom is 0.434 e. The molecule has 2 aromatic rings. The van der Waals surface area contributed by atoms with Gasteiger partial charge in [-0.05, 0) is 22.9 Å². The van der Waals surface area contributed by atoms with Gasteiger partial charge in [-0.25, -0.2) is 4.79 Å². The van der Waals surface area contributed by atoms with Gasteiger partial charge in [0.05, 0.1) is 17.3 Å². The number of methoxy groups -OCH3 is 1. The Kier molecular flexibility index (Phi) is 5.20. The second-order valence-corrected chi connectivity index (χ2v) is 5.62. The van der Waals surface area contributed by atoms with E-state index in [9.17, 15) is 22.8 Å². The van der Waals surface area contributed by atoms with E-state index in [1.54, 1.807) is 6.92 Å². The quantitative estimate of drug-likeness (QED) is 0.762. The van der Waals surface area contributed by atoms with E-state index in [0.29, 0.717) is 11.2 Å². The van der Waals surface area contributed by atoms with Crippen LogP contribution in [0, 0.1) is 0 Å². The van der Waals surface area contributed by atoms with Crippen molar-refractivity contribution in [3.63, 3.8) is 0 Å². The summed E-state index contributed by atoms with van der Waals surface area (Å²) in [5.74, 6) is -1.72. The molecular formula is C13H13BrF3N5O3. The number of alkyl halides is 3. The molecule has 0 aliphatic rings. The molecule has 2 heterocycles. The van der Waals surface area contributed by atoms with E-state index >= 15 is 0 Å². The second-order valence-electron chi connectivity index (χ2n) is 4.83. The van der Waals surface area contributed by atoms with Crippen molar-refractivity contribution in [3.8, 4) is 0 Å². The van der Waals surface area contributed by atoms with Crippen molar-refractivity contribution >= 4 is 33.5 Å². The molecule has 0 saturated heterocycles. The number of anilines is 1. The summed E-state index contributed by atoms with van der Waals surface area (Å²) in [5.41, 5.74) is -1.74. The molecular weight excluding hydrogens is 411 g/mol. The number of hydrogen-bond acceptors (Lipinski definition) is 5. The van der Waals surface area contributed by atoms with Gasteiger partial charge >= 0.3 is 12.1 Å². The number of nitrogens with zero attached hydrogens (tertiary/aromatic N) is 4. The molecule has 0 aromatic carbocycles. The van der Waals surface area contributed by atoms with Gasteiger partial charge in [-0.15, -0.1) is 0 Å². The Morgan fingerprint density at radius 1 is 1.32 bits per heavy atom. The lowest BCUT2D eigenvalue weighted by molar-refractivity contribution is -0.144. The van der Waals surface area contributed by atoms with Crippen molar-refractivity contribution in [1.82, 2.24) is 19.6 Å². The molecule has 2 rings (SSSR count). The number of carbonyl (C=O) groups is 2. The number of aryl methyl sites for hydroxylation is 2. The van der Waals surface area contributed by atoms with Crippen LogP contribution in [-0.2, 0) is 24.5 Å². The van der Waals surface area contributed by atoms with Crippen molar-refractivity contribution < 1.29 is 27.5 Å². The van der Waals surface area contributed by atoms with E-state index in [1.807, 2.05) is 0 Å². The van der Waals surface area contributed by atoms with Crippen LogP contribution in [0.15, 0.2) is 10.7 Å². The molecule has 0 aliphatic heterocycles. The minimum absolute atomic E-state index is 0.00446. The van der Waals surface area contributed by atoms with Crippen LogP contribution in [0.1, 0.15) is 33.6 Å². The summed E-state index contributed by atoms with van der Waals surface area (Å²) in [6, 6.07) is 0. The van der Waals surface area contributed by atoms with E-state index in [1.165, 1.54) is 10.9 Å². The van der Waals surface area contributed by atoms with Crippen molar-refractivity contribution in [2.75, 3.05) is 12.4 Å². The Bertz CT molecular complexity index is 828. The SMILES string of the molecule is CCn1cc(NC(=O)c2nn(C)c(C(F)(F)F)c2Br)c(C(=O)OC)n1. The molecule has 1 amide bonds. The zero-order valence-corrected chi connectivity index (χ0v) is 14.9. The fraction of sp³-hybridized carbons (Fsp3) is 0.385. The highest BCUT2D eigenvalue weighted by atomic mass is 79.9. The first-order chi connectivity index (χ1) is 11.6. The number of esters is 1. The number of halogens is 4. The third-order valence-corrected chi connectivity index (χ3v) is 3.94. The van der Waals surface area contributed by atoms with Crippen molar-refractivity contribution in [2.45, 2.75) is 19.6 Å². The Morgan fingerprint density at radius 3 is 2.44 bits per heavy atom. The number of amides is 1. The Balaban J connectivity index is 2.39. The molecule has 0 atom stereocenters. The minimum atomic E-state index is -4.69. The van der Waals surface area contributed by atoms with Gasteiger partial charge in [0.25, 0.3) is 5.91 Å². The maximum absolute atomic E-state index is 13.0. The predicted molar refractivity (Wildman–Crippen MR) is 83.1 cm³/mol. The average molecular weight is 424 g/mol. The molecule has 8 nitrogen and oxygen atoms in total. The van der Waals surface area contributed by atoms with Gasteiger partial charge < -0.3 is 10.1 Å². The predicted octanol–water partition coefficient (Wildman–Crippen LogP) is 2.46. The van der Waals surface area contributed by atoms with E-state index in [0.717, 1.165) is 14.2 Å². The molecule has 0 saturated carbocycles. The van der Waals surface area contributed by atoms with Crippen LogP contribution in [0.3, 0.4) is 0 Å². The minimum Gasteiger partial charge on any atom is -0.464 e. The number of rotatable bonds is 4. The van der Waals surface area contributed by atoms with Gasteiger partial charge in [-0.2, -0.15) is 23.4 Å². The van der Waals surface area contributed by atoms with Crippen LogP contribution in [0.4, 0.5) is 18.9 Å². The number of nitrogens with one attached hydrogen (secondary N) is 1. The zero-order valence-electron chi connectivity index (χ0n) is 13.3. The lowest BCUT2D eigenvalue weighted by Gasteiger charge is -2.06. The van der Waals surface area contributed by atoms with Crippen LogP contribution in [0.2, 0.25) is 0 Å². The molecule has 25 heavy (non-hydrogen) atoms. The standard InChI is InChI=1S/C13H13BrF3N5O3/c1-4-22-5-6(8(20-22)12(24)25-3)18-11(23)9-7(14)10(13(15,16)17)21(2)19-9/h5H,4H2,1-3H3,(H,18,23). The number of ether oxygens (including phenoxy) is 1. The lowest BCUT2D eigenvalue weighted by Crippen LogP contribution is -2.16. The third-order valence-electron chi connectivity index (χ3n) is 3.19. The summed E-state index contributed by atoms with van der Waals surface area (Å²) >= 11 is 2.76. The summed E-state index contributed by atoms with van der Waals surface area (Å²) < 4.78 is 44.9. The molecule has 1 N–H and O–H groups in total. The summed E-state index contributed by atoms with van der Waals surface area (Å²) in [6.07, 6.45) is -3.32. The number of aromatic nitrogens is 4. The van der Waals surface area contributed by atoms with Gasteiger partial charge in [0.15, 0.2) is 17.1 Å². The molecule has 2 aromatic heterocycles. The van der Waals surface area contributed by atoms with Crippen molar-refractivity contribution in [3.05, 3.63) is 27.8 Å².